The number of rotatable bonds is 3. The van der Waals surface area contributed by atoms with Crippen LogP contribution in [-0.2, 0) is 4.79 Å². The van der Waals surface area contributed by atoms with Crippen molar-refractivity contribution in [2.24, 2.45) is 28.6 Å². The van der Waals surface area contributed by atoms with Gasteiger partial charge in [0.05, 0.1) is 5.75 Å². The van der Waals surface area contributed by atoms with Crippen LogP contribution in [0.1, 0.15) is 39.0 Å². The number of carbonyl (C=O) groups excluding carboxylic acids is 1. The van der Waals surface area contributed by atoms with Gasteiger partial charge in [-0.2, -0.15) is 24.9 Å². The number of carbonyl (C=O) groups is 1. The fraction of sp³-hybridized carbons (Fsp3) is 0.667. The normalized spacial score (nSPS) is 41.5. The Bertz CT molecular complexity index is 692. The topological polar surface area (TPSA) is 17.1 Å². The Labute approximate surface area is 157 Å². The molecule has 142 valence electrons. The lowest BCUT2D eigenvalue weighted by atomic mass is 9.48. The number of allylic oxidation sites excluding steroid dienone is 6. The van der Waals surface area contributed by atoms with Crippen molar-refractivity contribution in [3.63, 3.8) is 0 Å². The van der Waals surface area contributed by atoms with Crippen molar-refractivity contribution in [1.29, 1.82) is 0 Å². The van der Waals surface area contributed by atoms with E-state index in [-0.39, 0.29) is 16.6 Å². The first-order valence-electron chi connectivity index (χ1n) is 9.50. The van der Waals surface area contributed by atoms with Crippen LogP contribution in [0.15, 0.2) is 36.0 Å². The number of halogens is 3. The summed E-state index contributed by atoms with van der Waals surface area (Å²) in [5, 5.41) is 0. The van der Waals surface area contributed by atoms with Gasteiger partial charge >= 0.3 is 6.18 Å². The first-order valence-corrected chi connectivity index (χ1v) is 10.7. The van der Waals surface area contributed by atoms with E-state index in [2.05, 4.69) is 25.2 Å². The molecule has 0 spiro atoms. The number of ketones is 1. The van der Waals surface area contributed by atoms with Gasteiger partial charge in [-0.05, 0) is 62.0 Å². The Kier molecular flexibility index (Phi) is 4.45. The van der Waals surface area contributed by atoms with Crippen LogP contribution in [0.2, 0.25) is 0 Å². The van der Waals surface area contributed by atoms with Crippen molar-refractivity contribution in [2.75, 3.05) is 11.5 Å². The van der Waals surface area contributed by atoms with Crippen LogP contribution in [0.4, 0.5) is 13.2 Å². The minimum atomic E-state index is -4.09. The van der Waals surface area contributed by atoms with E-state index < -0.39 is 11.9 Å². The molecule has 0 unspecified atom stereocenters. The van der Waals surface area contributed by atoms with Crippen molar-refractivity contribution in [1.82, 2.24) is 0 Å². The number of fused-ring (bicyclic) bond motifs is 5. The highest BCUT2D eigenvalue weighted by Crippen LogP contribution is 2.63. The highest BCUT2D eigenvalue weighted by Gasteiger charge is 2.55. The molecule has 0 aromatic rings. The van der Waals surface area contributed by atoms with Crippen LogP contribution < -0.4 is 0 Å². The first kappa shape index (κ1) is 18.4. The second-order valence-corrected chi connectivity index (χ2v) is 9.61. The van der Waals surface area contributed by atoms with E-state index in [9.17, 15) is 18.0 Å². The summed E-state index contributed by atoms with van der Waals surface area (Å²) in [5.74, 6) is 1.39. The van der Waals surface area contributed by atoms with Gasteiger partial charge in [0.25, 0.3) is 0 Å². The maximum absolute atomic E-state index is 12.6. The molecule has 4 aliphatic rings. The summed E-state index contributed by atoms with van der Waals surface area (Å²) in [7, 11) is 0. The predicted molar refractivity (Wildman–Crippen MR) is 98.8 cm³/mol. The molecular formula is C21H25F3OS. The molecule has 0 aliphatic heterocycles. The van der Waals surface area contributed by atoms with Crippen LogP contribution in [0.3, 0.4) is 0 Å². The summed E-state index contributed by atoms with van der Waals surface area (Å²) < 4.78 is 37.8. The van der Waals surface area contributed by atoms with Gasteiger partial charge in [0.2, 0.25) is 0 Å². The van der Waals surface area contributed by atoms with E-state index in [1.807, 2.05) is 6.08 Å². The molecule has 0 aromatic carbocycles. The van der Waals surface area contributed by atoms with E-state index in [0.717, 1.165) is 43.9 Å². The first-order chi connectivity index (χ1) is 12.2. The molecule has 4 aliphatic carbocycles. The maximum atomic E-state index is 12.6. The van der Waals surface area contributed by atoms with Crippen LogP contribution >= 0.6 is 11.8 Å². The van der Waals surface area contributed by atoms with Gasteiger partial charge in [-0.25, -0.2) is 0 Å². The molecule has 2 fully saturated rings. The van der Waals surface area contributed by atoms with E-state index in [1.54, 1.807) is 6.08 Å². The van der Waals surface area contributed by atoms with Gasteiger partial charge in [0.15, 0.2) is 5.78 Å². The lowest BCUT2D eigenvalue weighted by Crippen LogP contribution is -2.49. The Morgan fingerprint density at radius 2 is 2.04 bits per heavy atom. The summed E-state index contributed by atoms with van der Waals surface area (Å²) in [4.78, 5) is 11.8. The second kappa shape index (κ2) is 6.29. The summed E-state index contributed by atoms with van der Waals surface area (Å²) >= 11 is 1.05. The number of alkyl halides is 3. The lowest BCUT2D eigenvalue weighted by molar-refractivity contribution is -0.111. The summed E-state index contributed by atoms with van der Waals surface area (Å²) in [6.07, 6.45) is 11.0. The summed E-state index contributed by atoms with van der Waals surface area (Å²) in [6.45, 7) is 2.26. The Morgan fingerprint density at radius 3 is 2.81 bits per heavy atom. The maximum Gasteiger partial charge on any atom is 0.397 e. The molecule has 0 amide bonds. The van der Waals surface area contributed by atoms with Crippen LogP contribution in [0, 0.1) is 28.6 Å². The summed E-state index contributed by atoms with van der Waals surface area (Å²) in [5.41, 5.74) is 1.14. The quantitative estimate of drug-likeness (QED) is 0.579. The molecule has 0 aromatic heterocycles. The van der Waals surface area contributed by atoms with Crippen molar-refractivity contribution in [3.8, 4) is 0 Å². The third-order valence-electron chi connectivity index (χ3n) is 7.29. The number of thioether (sulfide) groups is 1. The fourth-order valence-electron chi connectivity index (χ4n) is 6.09. The van der Waals surface area contributed by atoms with E-state index >= 15 is 0 Å². The minimum Gasteiger partial charge on any atom is -0.290 e. The standard InChI is InChI=1S/C21H25F3OS/c1-19-9-6-15(25)11-14(19)4-5-16-17(19)7-10-20(8-2-3-18(16)20)12-26-13-21(22,23)24/h2,6,8-9,11,16-18H,3-5,7,10,12-13H2,1H3/t16-,17+,18+,19+,20+/m1/s1. The molecule has 0 radical (unpaired) electrons. The molecule has 4 rings (SSSR count). The molecular weight excluding hydrogens is 357 g/mol. The third kappa shape index (κ3) is 3.00. The molecule has 26 heavy (non-hydrogen) atoms. The van der Waals surface area contributed by atoms with E-state index in [1.165, 1.54) is 5.57 Å². The largest absolute Gasteiger partial charge is 0.397 e. The van der Waals surface area contributed by atoms with Crippen LogP contribution in [0.5, 0.6) is 0 Å². The average molecular weight is 382 g/mol. The molecule has 0 heterocycles. The fourth-order valence-corrected chi connectivity index (χ4v) is 7.26. The number of hydrogen-bond acceptors (Lipinski definition) is 2. The zero-order valence-corrected chi connectivity index (χ0v) is 15.8. The SMILES string of the molecule is C[C@]12C=CC(=O)C=C1CC[C@H]1[C@@H]3CC=C[C@@]3(CSCC(F)(F)F)CC[C@@H]12. The number of hydrogen-bond donors (Lipinski definition) is 0. The van der Waals surface area contributed by atoms with E-state index in [4.69, 9.17) is 0 Å². The molecule has 5 heteroatoms. The third-order valence-corrected chi connectivity index (χ3v) is 8.56. The van der Waals surface area contributed by atoms with Gasteiger partial charge in [-0.3, -0.25) is 4.79 Å². The predicted octanol–water partition coefficient (Wildman–Crippen LogP) is 5.74. The average Bonchev–Trinajstić information content (AvgIpc) is 2.98. The minimum absolute atomic E-state index is 0.0509. The van der Waals surface area contributed by atoms with Gasteiger partial charge in [-0.15, -0.1) is 0 Å². The van der Waals surface area contributed by atoms with Gasteiger partial charge in [-0.1, -0.05) is 30.7 Å². The van der Waals surface area contributed by atoms with Crippen molar-refractivity contribution < 1.29 is 18.0 Å². The van der Waals surface area contributed by atoms with Crippen LogP contribution in [0.25, 0.3) is 0 Å². The molecule has 0 saturated heterocycles. The Hall–Kier alpha value is -0.970. The van der Waals surface area contributed by atoms with Crippen molar-refractivity contribution >= 4 is 17.5 Å². The molecule has 5 atom stereocenters. The molecule has 0 N–H and O–H groups in total. The Morgan fingerprint density at radius 1 is 1.23 bits per heavy atom. The van der Waals surface area contributed by atoms with Crippen molar-refractivity contribution in [3.05, 3.63) is 36.0 Å². The molecule has 1 nitrogen and oxygen atoms in total. The highest BCUT2D eigenvalue weighted by atomic mass is 32.2. The molecule has 2 saturated carbocycles. The smallest absolute Gasteiger partial charge is 0.290 e. The van der Waals surface area contributed by atoms with Gasteiger partial charge < -0.3 is 0 Å². The van der Waals surface area contributed by atoms with Crippen LogP contribution in [-0.4, -0.2) is 23.5 Å². The monoisotopic (exact) mass is 382 g/mol. The Balaban J connectivity index is 1.54. The van der Waals surface area contributed by atoms with Gasteiger partial charge in [0, 0.05) is 16.6 Å². The van der Waals surface area contributed by atoms with E-state index in [0.29, 0.717) is 23.5 Å². The highest BCUT2D eigenvalue weighted by molar-refractivity contribution is 7.99. The lowest BCUT2D eigenvalue weighted by Gasteiger charge is -2.56. The summed E-state index contributed by atoms with van der Waals surface area (Å²) in [6, 6.07) is 0. The zero-order valence-electron chi connectivity index (χ0n) is 15.0. The van der Waals surface area contributed by atoms with Gasteiger partial charge in [0.1, 0.15) is 0 Å². The van der Waals surface area contributed by atoms with Crippen molar-refractivity contribution in [2.45, 2.75) is 45.2 Å². The molecule has 0 bridgehead atoms. The zero-order chi connectivity index (χ0) is 18.6. The second-order valence-electron chi connectivity index (χ2n) is 8.62.